The minimum Gasteiger partial charge on any atom is -0.473 e. The molecule has 0 saturated carbocycles. The standard InChI is InChI=1S/C10H11F3N2O.2ClH/c11-10(12,13)7-1-2-9(15-5-7)16-8-3-4-14-6-8;;/h1-2,5,8,14H,3-4,6H2;2*1H. The first-order valence-corrected chi connectivity index (χ1v) is 4.96. The number of rotatable bonds is 2. The molecular weight excluding hydrogens is 292 g/mol. The van der Waals surface area contributed by atoms with Gasteiger partial charge in [-0.2, -0.15) is 13.2 Å². The fraction of sp³-hybridized carbons (Fsp3) is 0.500. The molecule has 1 aromatic heterocycles. The van der Waals surface area contributed by atoms with Crippen LogP contribution in [-0.4, -0.2) is 24.2 Å². The summed E-state index contributed by atoms with van der Waals surface area (Å²) in [6, 6.07) is 2.23. The molecule has 104 valence electrons. The molecule has 0 radical (unpaired) electrons. The molecule has 1 fully saturated rings. The Morgan fingerprint density at radius 1 is 1.28 bits per heavy atom. The zero-order valence-electron chi connectivity index (χ0n) is 9.24. The van der Waals surface area contributed by atoms with Crippen molar-refractivity contribution >= 4 is 24.8 Å². The summed E-state index contributed by atoms with van der Waals surface area (Å²) >= 11 is 0. The molecule has 1 N–H and O–H groups in total. The van der Waals surface area contributed by atoms with Gasteiger partial charge in [-0.15, -0.1) is 24.8 Å². The van der Waals surface area contributed by atoms with Gasteiger partial charge in [0.25, 0.3) is 0 Å². The molecule has 1 saturated heterocycles. The Hall–Kier alpha value is -0.720. The number of aromatic nitrogens is 1. The van der Waals surface area contributed by atoms with Crippen LogP contribution in [0, 0.1) is 0 Å². The van der Waals surface area contributed by atoms with Gasteiger partial charge in [0.2, 0.25) is 5.88 Å². The van der Waals surface area contributed by atoms with E-state index in [0.29, 0.717) is 6.54 Å². The average molecular weight is 305 g/mol. The molecule has 0 aliphatic carbocycles. The second-order valence-corrected chi connectivity index (χ2v) is 3.62. The van der Waals surface area contributed by atoms with Gasteiger partial charge in [-0.25, -0.2) is 4.98 Å². The van der Waals surface area contributed by atoms with Crippen molar-refractivity contribution in [3.05, 3.63) is 23.9 Å². The molecular formula is C10H13Cl2F3N2O. The zero-order chi connectivity index (χ0) is 11.6. The lowest BCUT2D eigenvalue weighted by atomic mass is 10.3. The van der Waals surface area contributed by atoms with Crippen LogP contribution in [0.2, 0.25) is 0 Å². The highest BCUT2D eigenvalue weighted by molar-refractivity contribution is 5.85. The third-order valence-electron chi connectivity index (χ3n) is 2.37. The number of halogens is 5. The maximum atomic E-state index is 12.2. The largest absolute Gasteiger partial charge is 0.473 e. The Labute approximate surface area is 115 Å². The molecule has 1 aromatic rings. The molecule has 0 spiro atoms. The summed E-state index contributed by atoms with van der Waals surface area (Å²) in [5.74, 6) is 0.238. The highest BCUT2D eigenvalue weighted by Gasteiger charge is 2.30. The van der Waals surface area contributed by atoms with Gasteiger partial charge in [0, 0.05) is 18.8 Å². The molecule has 1 aliphatic heterocycles. The maximum absolute atomic E-state index is 12.2. The van der Waals surface area contributed by atoms with Crippen LogP contribution in [0.3, 0.4) is 0 Å². The van der Waals surface area contributed by atoms with E-state index in [9.17, 15) is 13.2 Å². The Bertz CT molecular complexity index is 353. The molecule has 3 nitrogen and oxygen atoms in total. The first kappa shape index (κ1) is 17.3. The summed E-state index contributed by atoms with van der Waals surface area (Å²) < 4.78 is 42.1. The molecule has 18 heavy (non-hydrogen) atoms. The van der Waals surface area contributed by atoms with E-state index in [1.54, 1.807) is 0 Å². The lowest BCUT2D eigenvalue weighted by Crippen LogP contribution is -2.20. The Balaban J connectivity index is 0.00000144. The van der Waals surface area contributed by atoms with Gasteiger partial charge >= 0.3 is 6.18 Å². The predicted octanol–water partition coefficient (Wildman–Crippen LogP) is 2.68. The molecule has 0 amide bonds. The van der Waals surface area contributed by atoms with E-state index >= 15 is 0 Å². The lowest BCUT2D eigenvalue weighted by Gasteiger charge is -2.12. The van der Waals surface area contributed by atoms with Crippen molar-refractivity contribution in [3.8, 4) is 5.88 Å². The summed E-state index contributed by atoms with van der Waals surface area (Å²) in [5, 5.41) is 3.10. The predicted molar refractivity (Wildman–Crippen MR) is 65.6 cm³/mol. The van der Waals surface area contributed by atoms with Gasteiger partial charge in [0.05, 0.1) is 5.56 Å². The van der Waals surface area contributed by atoms with Crippen molar-refractivity contribution < 1.29 is 17.9 Å². The van der Waals surface area contributed by atoms with Crippen LogP contribution in [0.25, 0.3) is 0 Å². The van der Waals surface area contributed by atoms with Crippen LogP contribution in [0.15, 0.2) is 18.3 Å². The summed E-state index contributed by atoms with van der Waals surface area (Å²) in [7, 11) is 0. The van der Waals surface area contributed by atoms with Gasteiger partial charge in [-0.1, -0.05) is 0 Å². The first-order valence-electron chi connectivity index (χ1n) is 4.96. The molecule has 2 rings (SSSR count). The minimum absolute atomic E-state index is 0. The van der Waals surface area contributed by atoms with E-state index in [-0.39, 0.29) is 36.8 Å². The fourth-order valence-corrected chi connectivity index (χ4v) is 1.52. The second kappa shape index (κ2) is 7.01. The van der Waals surface area contributed by atoms with Crippen molar-refractivity contribution in [1.82, 2.24) is 10.3 Å². The van der Waals surface area contributed by atoms with Gasteiger partial charge in [0.15, 0.2) is 0 Å². The van der Waals surface area contributed by atoms with Crippen LogP contribution in [0.5, 0.6) is 5.88 Å². The molecule has 2 heterocycles. The number of pyridine rings is 1. The molecule has 0 aromatic carbocycles. The van der Waals surface area contributed by atoms with Crippen LogP contribution in [0.1, 0.15) is 12.0 Å². The molecule has 1 aliphatic rings. The van der Waals surface area contributed by atoms with E-state index < -0.39 is 11.7 Å². The number of hydrogen-bond donors (Lipinski definition) is 1. The zero-order valence-corrected chi connectivity index (χ0v) is 10.9. The highest BCUT2D eigenvalue weighted by Crippen LogP contribution is 2.29. The van der Waals surface area contributed by atoms with Crippen molar-refractivity contribution in [2.24, 2.45) is 0 Å². The van der Waals surface area contributed by atoms with Gasteiger partial charge in [0.1, 0.15) is 6.10 Å². The SMILES string of the molecule is Cl.Cl.FC(F)(F)c1ccc(OC2CCNC2)nc1. The first-order chi connectivity index (χ1) is 7.55. The van der Waals surface area contributed by atoms with Crippen molar-refractivity contribution in [3.63, 3.8) is 0 Å². The van der Waals surface area contributed by atoms with Crippen molar-refractivity contribution in [2.45, 2.75) is 18.7 Å². The Morgan fingerprint density at radius 3 is 2.44 bits per heavy atom. The molecule has 1 atom stereocenters. The Kier molecular flexibility index (Phi) is 6.73. The van der Waals surface area contributed by atoms with Crippen LogP contribution >= 0.6 is 24.8 Å². The normalized spacial score (nSPS) is 18.7. The summed E-state index contributed by atoms with van der Waals surface area (Å²) in [4.78, 5) is 3.64. The van der Waals surface area contributed by atoms with Crippen molar-refractivity contribution in [1.29, 1.82) is 0 Å². The minimum atomic E-state index is -4.35. The van der Waals surface area contributed by atoms with Gasteiger partial charge in [-0.05, 0) is 19.0 Å². The smallest absolute Gasteiger partial charge is 0.417 e. The van der Waals surface area contributed by atoms with E-state index in [2.05, 4.69) is 10.3 Å². The Morgan fingerprint density at radius 2 is 2.00 bits per heavy atom. The highest BCUT2D eigenvalue weighted by atomic mass is 35.5. The van der Waals surface area contributed by atoms with Crippen molar-refractivity contribution in [2.75, 3.05) is 13.1 Å². The number of nitrogens with one attached hydrogen (secondary N) is 1. The average Bonchev–Trinajstić information content (AvgIpc) is 2.70. The maximum Gasteiger partial charge on any atom is 0.417 e. The van der Waals surface area contributed by atoms with Gasteiger partial charge in [-0.3, -0.25) is 0 Å². The number of ether oxygens (including phenoxy) is 1. The van der Waals surface area contributed by atoms with Crippen LogP contribution in [-0.2, 0) is 6.18 Å². The van der Waals surface area contributed by atoms with E-state index in [1.165, 1.54) is 6.07 Å². The summed E-state index contributed by atoms with van der Waals surface area (Å²) in [6.07, 6.45) is -2.70. The molecule has 8 heteroatoms. The summed E-state index contributed by atoms with van der Waals surface area (Å²) in [6.45, 7) is 1.58. The lowest BCUT2D eigenvalue weighted by molar-refractivity contribution is -0.137. The topological polar surface area (TPSA) is 34.1 Å². The quantitative estimate of drug-likeness (QED) is 0.912. The van der Waals surface area contributed by atoms with E-state index in [4.69, 9.17) is 4.74 Å². The third-order valence-corrected chi connectivity index (χ3v) is 2.37. The van der Waals surface area contributed by atoms with Crippen LogP contribution in [0.4, 0.5) is 13.2 Å². The third kappa shape index (κ3) is 4.51. The van der Waals surface area contributed by atoms with E-state index in [0.717, 1.165) is 25.2 Å². The summed E-state index contributed by atoms with van der Waals surface area (Å²) in [5.41, 5.74) is -0.760. The van der Waals surface area contributed by atoms with Gasteiger partial charge < -0.3 is 10.1 Å². The molecule has 1 unspecified atom stereocenters. The number of alkyl halides is 3. The van der Waals surface area contributed by atoms with E-state index in [1.807, 2.05) is 0 Å². The molecule has 0 bridgehead atoms. The fourth-order valence-electron chi connectivity index (χ4n) is 1.52. The number of hydrogen-bond acceptors (Lipinski definition) is 3. The van der Waals surface area contributed by atoms with Crippen LogP contribution < -0.4 is 10.1 Å². The monoisotopic (exact) mass is 304 g/mol. The number of nitrogens with zero attached hydrogens (tertiary/aromatic N) is 1. The second-order valence-electron chi connectivity index (χ2n) is 3.62.